The average Bonchev–Trinajstić information content (AvgIpc) is 2.81. The fraction of sp³-hybridized carbons (Fsp3) is 0.167. The van der Waals surface area contributed by atoms with Gasteiger partial charge in [0, 0.05) is 5.02 Å². The van der Waals surface area contributed by atoms with Crippen molar-refractivity contribution < 1.29 is 22.8 Å². The zero-order chi connectivity index (χ0) is 19.9. The Hall–Kier alpha value is -2.38. The summed E-state index contributed by atoms with van der Waals surface area (Å²) >= 11 is 12.1. The topological polar surface area (TPSA) is 49.7 Å². The highest BCUT2D eigenvalue weighted by atomic mass is 35.5. The van der Waals surface area contributed by atoms with E-state index in [1.807, 2.05) is 0 Å². The van der Waals surface area contributed by atoms with Gasteiger partial charge in [0.25, 0.3) is 11.8 Å². The first-order chi connectivity index (χ1) is 12.6. The van der Waals surface area contributed by atoms with Gasteiger partial charge in [0.15, 0.2) is 5.38 Å². The summed E-state index contributed by atoms with van der Waals surface area (Å²) in [7, 11) is 0. The highest BCUT2D eigenvalue weighted by Crippen LogP contribution is 2.33. The van der Waals surface area contributed by atoms with Crippen LogP contribution in [0.15, 0.2) is 47.5 Å². The molecule has 1 aliphatic heterocycles. The lowest BCUT2D eigenvalue weighted by atomic mass is 10.2. The highest BCUT2D eigenvalue weighted by Gasteiger charge is 2.45. The van der Waals surface area contributed by atoms with E-state index in [4.69, 9.17) is 23.2 Å². The second-order valence-corrected chi connectivity index (χ2v) is 6.66. The minimum absolute atomic E-state index is 0.129. The van der Waals surface area contributed by atoms with Crippen molar-refractivity contribution in [2.45, 2.75) is 18.5 Å². The molecule has 0 radical (unpaired) electrons. The number of amides is 2. The summed E-state index contributed by atoms with van der Waals surface area (Å²) in [5.74, 6) is -1.55. The van der Waals surface area contributed by atoms with Crippen LogP contribution in [0.3, 0.4) is 0 Å². The number of aryl methyl sites for hydroxylation is 1. The first-order valence-electron chi connectivity index (χ1n) is 7.64. The molecule has 2 amide bonds. The van der Waals surface area contributed by atoms with Crippen molar-refractivity contribution in [3.05, 3.63) is 58.6 Å². The number of aliphatic imine (C=N–C) groups is 1. The molecule has 1 fully saturated rings. The first kappa shape index (κ1) is 19.4. The molecule has 0 N–H and O–H groups in total. The smallest absolute Gasteiger partial charge is 0.272 e. The van der Waals surface area contributed by atoms with Crippen molar-refractivity contribution in [2.75, 3.05) is 4.90 Å². The third-order valence-corrected chi connectivity index (χ3v) is 4.74. The Morgan fingerprint density at radius 1 is 1.11 bits per heavy atom. The number of carbonyl (C=O) groups excluding carboxylic acids is 2. The van der Waals surface area contributed by atoms with Gasteiger partial charge in [0.1, 0.15) is 5.71 Å². The Morgan fingerprint density at radius 2 is 1.81 bits per heavy atom. The molecule has 140 valence electrons. The SMILES string of the molecule is Cc1ccc(N2C(=O)C(=Nc3cccc(C(F)(F)F)c3)C(Cl)C2=O)cc1Cl. The number of alkyl halides is 4. The van der Waals surface area contributed by atoms with E-state index in [1.54, 1.807) is 13.0 Å². The molecule has 0 spiro atoms. The fourth-order valence-corrected chi connectivity index (χ4v) is 2.93. The molecule has 1 heterocycles. The van der Waals surface area contributed by atoms with Crippen LogP contribution in [0, 0.1) is 6.92 Å². The van der Waals surface area contributed by atoms with Crippen molar-refractivity contribution in [1.82, 2.24) is 0 Å². The summed E-state index contributed by atoms with van der Waals surface area (Å²) in [6.45, 7) is 1.75. The lowest BCUT2D eigenvalue weighted by Gasteiger charge is -2.14. The van der Waals surface area contributed by atoms with Crippen LogP contribution in [0.2, 0.25) is 5.02 Å². The van der Waals surface area contributed by atoms with E-state index in [1.165, 1.54) is 18.2 Å². The van der Waals surface area contributed by atoms with Crippen molar-refractivity contribution in [3.63, 3.8) is 0 Å². The zero-order valence-electron chi connectivity index (χ0n) is 13.7. The second kappa shape index (κ2) is 6.98. The van der Waals surface area contributed by atoms with Crippen LogP contribution in [-0.2, 0) is 15.8 Å². The van der Waals surface area contributed by atoms with Gasteiger partial charge >= 0.3 is 6.18 Å². The van der Waals surface area contributed by atoms with E-state index in [0.717, 1.165) is 28.7 Å². The van der Waals surface area contributed by atoms with Gasteiger partial charge in [-0.1, -0.05) is 23.7 Å². The van der Waals surface area contributed by atoms with Gasteiger partial charge in [-0.05, 0) is 42.8 Å². The highest BCUT2D eigenvalue weighted by molar-refractivity contribution is 6.68. The van der Waals surface area contributed by atoms with Crippen LogP contribution < -0.4 is 4.90 Å². The lowest BCUT2D eigenvalue weighted by molar-refractivity contribution is -0.137. The number of halogens is 5. The molecule has 27 heavy (non-hydrogen) atoms. The van der Waals surface area contributed by atoms with Gasteiger partial charge in [-0.25, -0.2) is 9.89 Å². The Bertz CT molecular complexity index is 973. The van der Waals surface area contributed by atoms with Gasteiger partial charge in [-0.2, -0.15) is 13.2 Å². The zero-order valence-corrected chi connectivity index (χ0v) is 15.2. The molecule has 4 nitrogen and oxygen atoms in total. The maximum atomic E-state index is 12.8. The number of carbonyl (C=O) groups is 2. The Morgan fingerprint density at radius 3 is 2.44 bits per heavy atom. The summed E-state index contributed by atoms with van der Waals surface area (Å²) in [5, 5.41) is -1.06. The predicted octanol–water partition coefficient (Wildman–Crippen LogP) is 4.92. The summed E-state index contributed by atoms with van der Waals surface area (Å²) < 4.78 is 38.5. The first-order valence-corrected chi connectivity index (χ1v) is 8.45. The van der Waals surface area contributed by atoms with Crippen molar-refractivity contribution in [1.29, 1.82) is 0 Å². The summed E-state index contributed by atoms with van der Waals surface area (Å²) in [4.78, 5) is 29.8. The van der Waals surface area contributed by atoms with Crippen molar-refractivity contribution in [3.8, 4) is 0 Å². The Kier molecular flexibility index (Phi) is 5.01. The van der Waals surface area contributed by atoms with Gasteiger partial charge in [-0.15, -0.1) is 11.6 Å². The van der Waals surface area contributed by atoms with E-state index < -0.39 is 28.9 Å². The van der Waals surface area contributed by atoms with Crippen molar-refractivity contribution >= 4 is 52.1 Å². The van der Waals surface area contributed by atoms with E-state index in [2.05, 4.69) is 4.99 Å². The molecular formula is C18H11Cl2F3N2O2. The molecule has 2 aromatic rings. The van der Waals surface area contributed by atoms with Gasteiger partial charge in [0.2, 0.25) is 0 Å². The number of hydrogen-bond donors (Lipinski definition) is 0. The average molecular weight is 415 g/mol. The molecule has 1 saturated heterocycles. The molecule has 3 rings (SSSR count). The van der Waals surface area contributed by atoms with Gasteiger partial charge in [0.05, 0.1) is 16.9 Å². The van der Waals surface area contributed by atoms with Gasteiger partial charge < -0.3 is 0 Å². The number of benzene rings is 2. The Balaban J connectivity index is 2.00. The third kappa shape index (κ3) is 3.70. The summed E-state index contributed by atoms with van der Waals surface area (Å²) in [6.07, 6.45) is -4.56. The molecule has 2 aromatic carbocycles. The molecule has 0 aliphatic carbocycles. The third-order valence-electron chi connectivity index (χ3n) is 3.94. The number of rotatable bonds is 2. The summed E-state index contributed by atoms with van der Waals surface area (Å²) in [6, 6.07) is 8.68. The van der Waals surface area contributed by atoms with Crippen LogP contribution >= 0.6 is 23.2 Å². The van der Waals surface area contributed by atoms with Crippen LogP contribution in [0.1, 0.15) is 11.1 Å². The van der Waals surface area contributed by atoms with Crippen LogP contribution in [-0.4, -0.2) is 22.9 Å². The van der Waals surface area contributed by atoms with Gasteiger partial charge in [-0.3, -0.25) is 9.59 Å². The molecule has 1 aliphatic rings. The van der Waals surface area contributed by atoms with Crippen LogP contribution in [0.4, 0.5) is 24.5 Å². The second-order valence-electron chi connectivity index (χ2n) is 5.82. The van der Waals surface area contributed by atoms with E-state index >= 15 is 0 Å². The summed E-state index contributed by atoms with van der Waals surface area (Å²) in [5.41, 5.74) is -0.442. The number of nitrogens with zero attached hydrogens (tertiary/aromatic N) is 2. The molecule has 0 saturated carbocycles. The molecule has 1 atom stereocenters. The molecule has 0 aromatic heterocycles. The quantitative estimate of drug-likeness (QED) is 0.517. The molecular weight excluding hydrogens is 404 g/mol. The standard InChI is InChI=1S/C18H11Cl2F3N2O2/c1-9-5-6-12(8-13(9)19)25-16(26)14(20)15(17(25)27)24-11-4-2-3-10(7-11)18(21,22)23/h2-8,14H,1H3. The maximum Gasteiger partial charge on any atom is 0.416 e. The largest absolute Gasteiger partial charge is 0.416 e. The minimum atomic E-state index is -4.56. The molecule has 0 bridgehead atoms. The fourth-order valence-electron chi connectivity index (χ4n) is 2.51. The predicted molar refractivity (Wildman–Crippen MR) is 96.9 cm³/mol. The van der Waals surface area contributed by atoms with Crippen molar-refractivity contribution in [2.24, 2.45) is 4.99 Å². The lowest BCUT2D eigenvalue weighted by Crippen LogP contribution is -2.31. The minimum Gasteiger partial charge on any atom is -0.272 e. The monoisotopic (exact) mass is 414 g/mol. The maximum absolute atomic E-state index is 12.8. The van der Waals surface area contributed by atoms with E-state index in [0.29, 0.717) is 5.02 Å². The van der Waals surface area contributed by atoms with Crippen LogP contribution in [0.5, 0.6) is 0 Å². The number of anilines is 1. The van der Waals surface area contributed by atoms with E-state index in [-0.39, 0.29) is 17.1 Å². The molecule has 1 unspecified atom stereocenters. The Labute approximate surface area is 162 Å². The molecule has 9 heteroatoms. The van der Waals surface area contributed by atoms with E-state index in [9.17, 15) is 22.8 Å². The normalized spacial score (nSPS) is 19.3. The number of hydrogen-bond acceptors (Lipinski definition) is 3. The van der Waals surface area contributed by atoms with Crippen LogP contribution in [0.25, 0.3) is 0 Å². The number of imide groups is 1.